The van der Waals surface area contributed by atoms with E-state index in [1.807, 2.05) is 12.1 Å². The fourth-order valence-corrected chi connectivity index (χ4v) is 5.31. The molecule has 0 spiro atoms. The Morgan fingerprint density at radius 3 is 2.57 bits per heavy atom. The van der Waals surface area contributed by atoms with Crippen molar-refractivity contribution in [2.75, 3.05) is 33.4 Å². The minimum Gasteiger partial charge on any atom is -0.381 e. The molecule has 0 bridgehead atoms. The molecule has 6 heteroatoms. The van der Waals surface area contributed by atoms with Crippen LogP contribution in [-0.2, 0) is 14.9 Å². The van der Waals surface area contributed by atoms with E-state index in [1.165, 1.54) is 11.1 Å². The van der Waals surface area contributed by atoms with Crippen LogP contribution in [0.25, 0.3) is 0 Å². The largest absolute Gasteiger partial charge is 0.381 e. The van der Waals surface area contributed by atoms with Crippen LogP contribution in [0.3, 0.4) is 0 Å². The van der Waals surface area contributed by atoms with Gasteiger partial charge in [0.1, 0.15) is 0 Å². The molecule has 2 aliphatic heterocycles. The van der Waals surface area contributed by atoms with E-state index in [-0.39, 0.29) is 6.04 Å². The number of benzene rings is 1. The lowest BCUT2D eigenvalue weighted by Crippen LogP contribution is -2.47. The summed E-state index contributed by atoms with van der Waals surface area (Å²) in [4.78, 5) is 0. The first kappa shape index (κ1) is 16.9. The van der Waals surface area contributed by atoms with Crippen molar-refractivity contribution in [3.8, 4) is 0 Å². The van der Waals surface area contributed by atoms with Crippen LogP contribution in [0.15, 0.2) is 24.3 Å². The van der Waals surface area contributed by atoms with Crippen molar-refractivity contribution in [3.05, 3.63) is 35.4 Å². The second kappa shape index (κ2) is 6.89. The zero-order valence-electron chi connectivity index (χ0n) is 13.9. The highest BCUT2D eigenvalue weighted by molar-refractivity contribution is 7.86. The third kappa shape index (κ3) is 3.45. The number of nitrogens with zero attached hydrogens (tertiary/aromatic N) is 2. The first-order valence-corrected chi connectivity index (χ1v) is 9.76. The first-order valence-electron chi connectivity index (χ1n) is 8.36. The molecule has 2 saturated heterocycles. The fourth-order valence-electron chi connectivity index (χ4n) is 3.66. The molecule has 1 aromatic carbocycles. The molecule has 5 nitrogen and oxygen atoms in total. The minimum atomic E-state index is -3.38. The molecule has 2 aliphatic rings. The van der Waals surface area contributed by atoms with Gasteiger partial charge in [-0.2, -0.15) is 17.0 Å². The molecule has 2 heterocycles. The maximum Gasteiger partial charge on any atom is 0.281 e. The maximum absolute atomic E-state index is 12.9. The molecule has 3 rings (SSSR count). The lowest BCUT2D eigenvalue weighted by atomic mass is 9.94. The van der Waals surface area contributed by atoms with Crippen molar-refractivity contribution in [3.63, 3.8) is 0 Å². The van der Waals surface area contributed by atoms with Crippen LogP contribution in [0.4, 0.5) is 0 Å². The van der Waals surface area contributed by atoms with Gasteiger partial charge in [-0.25, -0.2) is 0 Å². The topological polar surface area (TPSA) is 49.9 Å². The van der Waals surface area contributed by atoms with Gasteiger partial charge in [-0.05, 0) is 43.2 Å². The number of ether oxygens (including phenoxy) is 1. The number of hydrogen-bond acceptors (Lipinski definition) is 3. The Bertz CT molecular complexity index is 641. The van der Waals surface area contributed by atoms with E-state index in [9.17, 15) is 8.42 Å². The Balaban J connectivity index is 1.71. The van der Waals surface area contributed by atoms with E-state index in [1.54, 1.807) is 15.7 Å². The molecule has 0 aliphatic carbocycles. The maximum atomic E-state index is 12.9. The average Bonchev–Trinajstić information content (AvgIpc) is 3.06. The third-order valence-electron chi connectivity index (χ3n) is 5.17. The number of hydrogen-bond donors (Lipinski definition) is 0. The molecule has 0 aromatic heterocycles. The Labute approximate surface area is 139 Å². The summed E-state index contributed by atoms with van der Waals surface area (Å²) in [6.07, 6.45) is 2.46. The highest BCUT2D eigenvalue weighted by Gasteiger charge is 2.37. The van der Waals surface area contributed by atoms with Crippen molar-refractivity contribution in [1.29, 1.82) is 0 Å². The van der Waals surface area contributed by atoms with Gasteiger partial charge in [0.25, 0.3) is 10.2 Å². The molecule has 1 unspecified atom stereocenters. The molecule has 0 radical (unpaired) electrons. The zero-order valence-corrected chi connectivity index (χ0v) is 14.8. The smallest absolute Gasteiger partial charge is 0.281 e. The van der Waals surface area contributed by atoms with Gasteiger partial charge in [0.05, 0.1) is 0 Å². The van der Waals surface area contributed by atoms with E-state index in [0.29, 0.717) is 32.2 Å². The second-order valence-corrected chi connectivity index (χ2v) is 8.56. The summed E-state index contributed by atoms with van der Waals surface area (Å²) >= 11 is 0. The van der Waals surface area contributed by atoms with Crippen molar-refractivity contribution in [2.24, 2.45) is 0 Å². The molecule has 1 atom stereocenters. The monoisotopic (exact) mass is 338 g/mol. The molecule has 0 amide bonds. The SMILES string of the molecule is Cc1ccccc1C1CCN(S(=O)(=O)N(C)C2CCOCC2)C1. The Morgan fingerprint density at radius 1 is 1.17 bits per heavy atom. The van der Waals surface area contributed by atoms with Crippen molar-refractivity contribution >= 4 is 10.2 Å². The molecular weight excluding hydrogens is 312 g/mol. The van der Waals surface area contributed by atoms with E-state index in [0.717, 1.165) is 19.3 Å². The normalized spacial score (nSPS) is 24.4. The molecule has 128 valence electrons. The average molecular weight is 338 g/mol. The van der Waals surface area contributed by atoms with Gasteiger partial charge in [0.15, 0.2) is 0 Å². The summed E-state index contributed by atoms with van der Waals surface area (Å²) in [5.41, 5.74) is 2.52. The van der Waals surface area contributed by atoms with Crippen molar-refractivity contribution in [1.82, 2.24) is 8.61 Å². The first-order chi connectivity index (χ1) is 11.0. The minimum absolute atomic E-state index is 0.0614. The van der Waals surface area contributed by atoms with Gasteiger partial charge in [0, 0.05) is 39.4 Å². The third-order valence-corrected chi connectivity index (χ3v) is 7.18. The van der Waals surface area contributed by atoms with Crippen LogP contribution in [0.5, 0.6) is 0 Å². The van der Waals surface area contributed by atoms with Crippen LogP contribution >= 0.6 is 0 Å². The van der Waals surface area contributed by atoms with Gasteiger partial charge in [-0.1, -0.05) is 24.3 Å². The molecule has 0 saturated carbocycles. The summed E-state index contributed by atoms with van der Waals surface area (Å²) in [5, 5.41) is 0. The van der Waals surface area contributed by atoms with Crippen LogP contribution in [0.2, 0.25) is 0 Å². The predicted molar refractivity (Wildman–Crippen MR) is 90.6 cm³/mol. The second-order valence-electron chi connectivity index (χ2n) is 6.57. The summed E-state index contributed by atoms with van der Waals surface area (Å²) in [7, 11) is -1.67. The van der Waals surface area contributed by atoms with Gasteiger partial charge >= 0.3 is 0 Å². The standard InChI is InChI=1S/C17H26N2O3S/c1-14-5-3-4-6-17(14)15-7-10-19(13-15)23(20,21)18(2)16-8-11-22-12-9-16/h3-6,15-16H,7-13H2,1-2H3. The van der Waals surface area contributed by atoms with E-state index < -0.39 is 10.2 Å². The van der Waals surface area contributed by atoms with Crippen LogP contribution in [0.1, 0.15) is 36.3 Å². The number of aryl methyl sites for hydroxylation is 1. The molecule has 1 aromatic rings. The van der Waals surface area contributed by atoms with Crippen molar-refractivity contribution < 1.29 is 13.2 Å². The van der Waals surface area contributed by atoms with Gasteiger partial charge in [-0.3, -0.25) is 0 Å². The van der Waals surface area contributed by atoms with Crippen LogP contribution in [-0.4, -0.2) is 56.4 Å². The van der Waals surface area contributed by atoms with Gasteiger partial charge < -0.3 is 4.74 Å². The number of rotatable bonds is 4. The summed E-state index contributed by atoms with van der Waals surface area (Å²) in [6, 6.07) is 8.35. The van der Waals surface area contributed by atoms with Crippen LogP contribution < -0.4 is 0 Å². The zero-order chi connectivity index (χ0) is 16.4. The molecular formula is C17H26N2O3S. The van der Waals surface area contributed by atoms with Crippen LogP contribution in [0, 0.1) is 6.92 Å². The van der Waals surface area contributed by atoms with Gasteiger partial charge in [-0.15, -0.1) is 0 Å². The van der Waals surface area contributed by atoms with E-state index in [4.69, 9.17) is 4.74 Å². The van der Waals surface area contributed by atoms with E-state index in [2.05, 4.69) is 19.1 Å². The Kier molecular flexibility index (Phi) is 5.06. The molecule has 23 heavy (non-hydrogen) atoms. The predicted octanol–water partition coefficient (Wildman–Crippen LogP) is 2.14. The fraction of sp³-hybridized carbons (Fsp3) is 0.647. The van der Waals surface area contributed by atoms with E-state index >= 15 is 0 Å². The van der Waals surface area contributed by atoms with Gasteiger partial charge in [0.2, 0.25) is 0 Å². The van der Waals surface area contributed by atoms with Crippen molar-refractivity contribution in [2.45, 2.75) is 38.1 Å². The summed E-state index contributed by atoms with van der Waals surface area (Å²) in [5.74, 6) is 0.300. The Hall–Kier alpha value is -0.950. The summed E-state index contributed by atoms with van der Waals surface area (Å²) in [6.45, 7) is 4.59. The molecule has 0 N–H and O–H groups in total. The molecule has 2 fully saturated rings. The quantitative estimate of drug-likeness (QED) is 0.845. The lowest BCUT2D eigenvalue weighted by molar-refractivity contribution is 0.0620. The lowest BCUT2D eigenvalue weighted by Gasteiger charge is -2.33. The Morgan fingerprint density at radius 2 is 1.87 bits per heavy atom. The highest BCUT2D eigenvalue weighted by atomic mass is 32.2. The highest BCUT2D eigenvalue weighted by Crippen LogP contribution is 2.32. The summed E-state index contributed by atoms with van der Waals surface area (Å²) < 4.78 is 34.4.